The molecule has 2 N–H and O–H groups in total. The lowest BCUT2D eigenvalue weighted by Gasteiger charge is -2.13. The van der Waals surface area contributed by atoms with Gasteiger partial charge in [-0.25, -0.2) is 0 Å². The Morgan fingerprint density at radius 3 is 2.07 bits per heavy atom. The summed E-state index contributed by atoms with van der Waals surface area (Å²) in [4.78, 5) is 49.6. The number of benzene rings is 2. The van der Waals surface area contributed by atoms with Crippen molar-refractivity contribution in [2.45, 2.75) is 6.92 Å². The second-order valence-corrected chi connectivity index (χ2v) is 6.31. The van der Waals surface area contributed by atoms with Crippen LogP contribution in [0.2, 0.25) is 0 Å². The van der Waals surface area contributed by atoms with Crippen molar-refractivity contribution < 1.29 is 23.9 Å². The molecule has 2 aromatic rings. The van der Waals surface area contributed by atoms with Gasteiger partial charge in [0.25, 0.3) is 17.7 Å². The fraction of sp³-hybridized carbons (Fsp3) is 0.238. The van der Waals surface area contributed by atoms with E-state index < -0.39 is 17.7 Å². The maximum Gasteiger partial charge on any atom is 0.262 e. The minimum Gasteiger partial charge on any atom is -0.494 e. The average molecular weight is 395 g/mol. The van der Waals surface area contributed by atoms with Crippen LogP contribution in [0.1, 0.15) is 38.0 Å². The zero-order chi connectivity index (χ0) is 20.8. The van der Waals surface area contributed by atoms with E-state index in [4.69, 9.17) is 4.74 Å². The smallest absolute Gasteiger partial charge is 0.262 e. The van der Waals surface area contributed by atoms with E-state index in [-0.39, 0.29) is 25.5 Å². The standard InChI is InChI=1S/C21H21N3O5/c1-2-29-15-9-7-14(8-10-15)19(26)23-12-11-22-18(25)13-24-20(27)16-5-3-4-6-17(16)21(24)28/h3-10H,2,11-13H2,1H3,(H,22,25)(H,23,26). The summed E-state index contributed by atoms with van der Waals surface area (Å²) in [6, 6.07) is 13.2. The molecule has 0 saturated heterocycles. The normalized spacial score (nSPS) is 12.5. The van der Waals surface area contributed by atoms with E-state index >= 15 is 0 Å². The SMILES string of the molecule is CCOc1ccc(C(=O)NCCNC(=O)CN2C(=O)c3ccccc3C2=O)cc1. The number of nitrogens with zero attached hydrogens (tertiary/aromatic N) is 1. The minimum absolute atomic E-state index is 0.171. The molecule has 3 rings (SSSR count). The Morgan fingerprint density at radius 1 is 0.897 bits per heavy atom. The molecule has 0 saturated carbocycles. The van der Waals surface area contributed by atoms with Crippen LogP contribution in [0, 0.1) is 0 Å². The molecule has 0 unspecified atom stereocenters. The van der Waals surface area contributed by atoms with E-state index in [0.29, 0.717) is 29.0 Å². The molecule has 8 nitrogen and oxygen atoms in total. The largest absolute Gasteiger partial charge is 0.494 e. The number of amides is 4. The van der Waals surface area contributed by atoms with Crippen LogP contribution in [-0.2, 0) is 4.79 Å². The molecular formula is C21H21N3O5. The van der Waals surface area contributed by atoms with E-state index in [9.17, 15) is 19.2 Å². The Labute approximate surface area is 167 Å². The molecule has 1 aliphatic rings. The molecule has 0 fully saturated rings. The third kappa shape index (κ3) is 4.60. The van der Waals surface area contributed by atoms with Crippen LogP contribution in [0.15, 0.2) is 48.5 Å². The van der Waals surface area contributed by atoms with Gasteiger partial charge in [0.05, 0.1) is 17.7 Å². The second-order valence-electron chi connectivity index (χ2n) is 6.31. The van der Waals surface area contributed by atoms with Crippen molar-refractivity contribution in [1.29, 1.82) is 0 Å². The lowest BCUT2D eigenvalue weighted by molar-refractivity contribution is -0.121. The summed E-state index contributed by atoms with van der Waals surface area (Å²) in [6.07, 6.45) is 0. The molecule has 150 valence electrons. The molecule has 0 aliphatic carbocycles. The molecule has 0 spiro atoms. The van der Waals surface area contributed by atoms with Crippen LogP contribution < -0.4 is 15.4 Å². The first-order chi connectivity index (χ1) is 14.0. The molecular weight excluding hydrogens is 374 g/mol. The highest BCUT2D eigenvalue weighted by Gasteiger charge is 2.36. The Kier molecular flexibility index (Phi) is 6.23. The monoisotopic (exact) mass is 395 g/mol. The third-order valence-corrected chi connectivity index (χ3v) is 4.34. The number of carbonyl (C=O) groups excluding carboxylic acids is 4. The zero-order valence-corrected chi connectivity index (χ0v) is 15.9. The van der Waals surface area contributed by atoms with Gasteiger partial charge in [0, 0.05) is 18.7 Å². The molecule has 1 heterocycles. The Morgan fingerprint density at radius 2 is 1.48 bits per heavy atom. The number of fused-ring (bicyclic) bond motifs is 1. The summed E-state index contributed by atoms with van der Waals surface area (Å²) >= 11 is 0. The highest BCUT2D eigenvalue weighted by Crippen LogP contribution is 2.21. The van der Waals surface area contributed by atoms with Gasteiger partial charge in [-0.15, -0.1) is 0 Å². The van der Waals surface area contributed by atoms with E-state index in [1.54, 1.807) is 48.5 Å². The summed E-state index contributed by atoms with van der Waals surface area (Å²) in [5.74, 6) is -1.03. The second kappa shape index (κ2) is 9.01. The van der Waals surface area contributed by atoms with Gasteiger partial charge < -0.3 is 15.4 Å². The Hall–Kier alpha value is -3.68. The minimum atomic E-state index is -0.482. The zero-order valence-electron chi connectivity index (χ0n) is 15.9. The van der Waals surface area contributed by atoms with Gasteiger partial charge in [0.15, 0.2) is 0 Å². The fourth-order valence-corrected chi connectivity index (χ4v) is 2.93. The number of nitrogens with one attached hydrogen (secondary N) is 2. The summed E-state index contributed by atoms with van der Waals surface area (Å²) in [6.45, 7) is 2.44. The van der Waals surface area contributed by atoms with Gasteiger partial charge in [-0.05, 0) is 43.3 Å². The predicted octanol–water partition coefficient (Wildman–Crippen LogP) is 1.23. The maximum absolute atomic E-state index is 12.2. The Balaban J connectivity index is 1.42. The van der Waals surface area contributed by atoms with Gasteiger partial charge in [-0.1, -0.05) is 12.1 Å². The van der Waals surface area contributed by atoms with Gasteiger partial charge in [-0.2, -0.15) is 0 Å². The molecule has 0 radical (unpaired) electrons. The molecule has 0 bridgehead atoms. The molecule has 0 aromatic heterocycles. The molecule has 1 aliphatic heterocycles. The summed E-state index contributed by atoms with van der Waals surface area (Å²) in [5.41, 5.74) is 1.08. The summed E-state index contributed by atoms with van der Waals surface area (Å²) < 4.78 is 5.32. The highest BCUT2D eigenvalue weighted by molar-refractivity contribution is 6.22. The molecule has 0 atom stereocenters. The first kappa shape index (κ1) is 20.1. The lowest BCUT2D eigenvalue weighted by Crippen LogP contribution is -2.42. The maximum atomic E-state index is 12.2. The van der Waals surface area contributed by atoms with E-state index in [2.05, 4.69) is 10.6 Å². The lowest BCUT2D eigenvalue weighted by atomic mass is 10.1. The Bertz CT molecular complexity index is 905. The van der Waals surface area contributed by atoms with E-state index in [0.717, 1.165) is 4.90 Å². The van der Waals surface area contributed by atoms with Crippen LogP contribution in [0.25, 0.3) is 0 Å². The van der Waals surface area contributed by atoms with Crippen LogP contribution >= 0.6 is 0 Å². The highest BCUT2D eigenvalue weighted by atomic mass is 16.5. The number of carbonyl (C=O) groups is 4. The molecule has 29 heavy (non-hydrogen) atoms. The van der Waals surface area contributed by atoms with Gasteiger partial charge in [0.1, 0.15) is 12.3 Å². The number of hydrogen-bond acceptors (Lipinski definition) is 5. The topological polar surface area (TPSA) is 105 Å². The quantitative estimate of drug-likeness (QED) is 0.517. The first-order valence-corrected chi connectivity index (χ1v) is 9.24. The van der Waals surface area contributed by atoms with Crippen molar-refractivity contribution in [3.8, 4) is 5.75 Å². The summed E-state index contributed by atoms with van der Waals surface area (Å²) in [5, 5.41) is 5.28. The predicted molar refractivity (Wildman–Crippen MR) is 105 cm³/mol. The van der Waals surface area contributed by atoms with Gasteiger partial charge in [0.2, 0.25) is 5.91 Å². The number of ether oxygens (including phenoxy) is 1. The molecule has 2 aromatic carbocycles. The number of rotatable bonds is 8. The van der Waals surface area contributed by atoms with Gasteiger partial charge in [-0.3, -0.25) is 24.1 Å². The number of imide groups is 1. The van der Waals surface area contributed by atoms with Crippen molar-refractivity contribution in [2.75, 3.05) is 26.2 Å². The van der Waals surface area contributed by atoms with Crippen LogP contribution in [0.5, 0.6) is 5.75 Å². The van der Waals surface area contributed by atoms with Crippen molar-refractivity contribution in [3.05, 3.63) is 65.2 Å². The van der Waals surface area contributed by atoms with Crippen LogP contribution in [0.3, 0.4) is 0 Å². The third-order valence-electron chi connectivity index (χ3n) is 4.34. The van der Waals surface area contributed by atoms with Gasteiger partial charge >= 0.3 is 0 Å². The molecule has 8 heteroatoms. The van der Waals surface area contributed by atoms with Crippen LogP contribution in [-0.4, -0.2) is 54.8 Å². The summed E-state index contributed by atoms with van der Waals surface area (Å²) in [7, 11) is 0. The van der Waals surface area contributed by atoms with E-state index in [1.165, 1.54) is 0 Å². The van der Waals surface area contributed by atoms with E-state index in [1.807, 2.05) is 6.92 Å². The fourth-order valence-electron chi connectivity index (χ4n) is 2.93. The van der Waals surface area contributed by atoms with Crippen LogP contribution in [0.4, 0.5) is 0 Å². The number of hydrogen-bond donors (Lipinski definition) is 2. The van der Waals surface area contributed by atoms with Crippen molar-refractivity contribution in [3.63, 3.8) is 0 Å². The van der Waals surface area contributed by atoms with Crippen molar-refractivity contribution >= 4 is 23.6 Å². The van der Waals surface area contributed by atoms with Crippen molar-refractivity contribution in [1.82, 2.24) is 15.5 Å². The molecule has 4 amide bonds. The first-order valence-electron chi connectivity index (χ1n) is 9.24. The average Bonchev–Trinajstić information content (AvgIpc) is 2.97. The van der Waals surface area contributed by atoms with Crippen molar-refractivity contribution in [2.24, 2.45) is 0 Å².